The highest BCUT2D eigenvalue weighted by Crippen LogP contribution is 2.35. The number of hydrogen-bond donors (Lipinski definition) is 1. The Hall–Kier alpha value is -2.12. The summed E-state index contributed by atoms with van der Waals surface area (Å²) in [6.07, 6.45) is 1.87. The molecule has 7 nitrogen and oxygen atoms in total. The Labute approximate surface area is 172 Å². The Morgan fingerprint density at radius 1 is 1.24 bits per heavy atom. The standard InChI is InChI=1S/C22H31N3O4/c1-16-13-24(10-7-18(16)26)20(27)14-25-15-22(8-11-23(2)12-9-22)29-19-6-4-3-5-17(19)21(25)28/h3-6,16,18,26H,7-15H2,1-2H3. The highest BCUT2D eigenvalue weighted by atomic mass is 16.5. The molecule has 29 heavy (non-hydrogen) atoms. The van der Waals surface area contributed by atoms with E-state index >= 15 is 0 Å². The van der Waals surface area contributed by atoms with Crippen LogP contribution in [-0.4, -0.2) is 89.6 Å². The summed E-state index contributed by atoms with van der Waals surface area (Å²) < 4.78 is 6.45. The lowest BCUT2D eigenvalue weighted by molar-refractivity contribution is -0.136. The molecule has 1 aromatic carbocycles. The lowest BCUT2D eigenvalue weighted by atomic mass is 9.90. The molecular weight excluding hydrogens is 370 g/mol. The van der Waals surface area contributed by atoms with Crippen LogP contribution in [0.15, 0.2) is 24.3 Å². The number of likely N-dealkylation sites (tertiary alicyclic amines) is 2. The molecule has 0 bridgehead atoms. The van der Waals surface area contributed by atoms with Crippen molar-refractivity contribution in [2.24, 2.45) is 5.92 Å². The van der Waals surface area contributed by atoms with Crippen LogP contribution in [0, 0.1) is 5.92 Å². The number of aliphatic hydroxyl groups is 1. The van der Waals surface area contributed by atoms with E-state index in [0.29, 0.717) is 37.4 Å². The molecule has 2 amide bonds. The first-order valence-electron chi connectivity index (χ1n) is 10.6. The molecule has 3 heterocycles. The summed E-state index contributed by atoms with van der Waals surface area (Å²) in [5, 5.41) is 9.95. The summed E-state index contributed by atoms with van der Waals surface area (Å²) in [6, 6.07) is 7.35. The van der Waals surface area contributed by atoms with Crippen molar-refractivity contribution >= 4 is 11.8 Å². The van der Waals surface area contributed by atoms with Crippen molar-refractivity contribution in [3.05, 3.63) is 29.8 Å². The molecule has 3 aliphatic heterocycles. The molecule has 3 aliphatic rings. The normalized spacial score (nSPS) is 27.3. The summed E-state index contributed by atoms with van der Waals surface area (Å²) in [7, 11) is 2.09. The summed E-state index contributed by atoms with van der Waals surface area (Å²) in [6.45, 7) is 5.31. The quantitative estimate of drug-likeness (QED) is 0.807. The SMILES string of the molecule is CC1CN(C(=O)CN2CC3(CCN(C)CC3)Oc3ccccc3C2=O)CCC1O. The average molecular weight is 402 g/mol. The monoisotopic (exact) mass is 401 g/mol. The van der Waals surface area contributed by atoms with Gasteiger partial charge in [0, 0.05) is 39.0 Å². The van der Waals surface area contributed by atoms with Crippen LogP contribution < -0.4 is 4.74 Å². The van der Waals surface area contributed by atoms with Crippen molar-refractivity contribution in [2.45, 2.75) is 37.9 Å². The number of fused-ring (bicyclic) bond motifs is 1. The zero-order chi connectivity index (χ0) is 20.6. The van der Waals surface area contributed by atoms with Crippen molar-refractivity contribution in [3.8, 4) is 5.75 Å². The summed E-state index contributed by atoms with van der Waals surface area (Å²) in [5.41, 5.74) is 0.0685. The van der Waals surface area contributed by atoms with E-state index in [0.717, 1.165) is 25.9 Å². The van der Waals surface area contributed by atoms with Gasteiger partial charge in [0.15, 0.2) is 0 Å². The fourth-order valence-corrected chi connectivity index (χ4v) is 4.62. The van der Waals surface area contributed by atoms with E-state index in [1.807, 2.05) is 25.1 Å². The second kappa shape index (κ2) is 7.95. The van der Waals surface area contributed by atoms with Crippen LogP contribution in [0.4, 0.5) is 0 Å². The van der Waals surface area contributed by atoms with E-state index in [2.05, 4.69) is 11.9 Å². The Balaban J connectivity index is 1.56. The van der Waals surface area contributed by atoms with Crippen LogP contribution in [0.2, 0.25) is 0 Å². The fourth-order valence-electron chi connectivity index (χ4n) is 4.62. The van der Waals surface area contributed by atoms with Crippen molar-refractivity contribution in [1.29, 1.82) is 0 Å². The number of amides is 2. The fraction of sp³-hybridized carbons (Fsp3) is 0.636. The molecule has 2 saturated heterocycles. The number of rotatable bonds is 2. The zero-order valence-corrected chi connectivity index (χ0v) is 17.3. The van der Waals surface area contributed by atoms with Crippen LogP contribution in [0.3, 0.4) is 0 Å². The van der Waals surface area contributed by atoms with E-state index in [1.54, 1.807) is 15.9 Å². The number of carbonyl (C=O) groups is 2. The van der Waals surface area contributed by atoms with E-state index in [1.165, 1.54) is 0 Å². The maximum atomic E-state index is 13.3. The number of piperidine rings is 2. The summed E-state index contributed by atoms with van der Waals surface area (Å²) >= 11 is 0. The van der Waals surface area contributed by atoms with E-state index in [-0.39, 0.29) is 30.4 Å². The highest BCUT2D eigenvalue weighted by molar-refractivity contribution is 5.99. The summed E-state index contributed by atoms with van der Waals surface area (Å²) in [4.78, 5) is 32.0. The van der Waals surface area contributed by atoms with Gasteiger partial charge < -0.3 is 24.5 Å². The van der Waals surface area contributed by atoms with Crippen LogP contribution in [0.1, 0.15) is 36.5 Å². The topological polar surface area (TPSA) is 73.3 Å². The van der Waals surface area contributed by atoms with E-state index in [9.17, 15) is 14.7 Å². The molecule has 0 radical (unpaired) electrons. The number of hydrogen-bond acceptors (Lipinski definition) is 5. The highest BCUT2D eigenvalue weighted by Gasteiger charge is 2.43. The average Bonchev–Trinajstić information content (AvgIpc) is 2.82. The first-order chi connectivity index (χ1) is 13.9. The molecular formula is C22H31N3O4. The van der Waals surface area contributed by atoms with Gasteiger partial charge in [0.1, 0.15) is 17.9 Å². The minimum absolute atomic E-state index is 0.0525. The lowest BCUT2D eigenvalue weighted by Crippen LogP contribution is -2.55. The van der Waals surface area contributed by atoms with Gasteiger partial charge in [0.2, 0.25) is 5.91 Å². The van der Waals surface area contributed by atoms with Crippen LogP contribution >= 0.6 is 0 Å². The number of para-hydroxylation sites is 1. The van der Waals surface area contributed by atoms with Crippen LogP contribution in [-0.2, 0) is 4.79 Å². The van der Waals surface area contributed by atoms with Crippen molar-refractivity contribution in [1.82, 2.24) is 14.7 Å². The van der Waals surface area contributed by atoms with Crippen LogP contribution in [0.5, 0.6) is 5.75 Å². The molecule has 4 rings (SSSR count). The third-order valence-electron chi connectivity index (χ3n) is 6.65. The molecule has 1 N–H and O–H groups in total. The summed E-state index contributed by atoms with van der Waals surface area (Å²) in [5.74, 6) is 0.470. The van der Waals surface area contributed by atoms with Gasteiger partial charge in [0.05, 0.1) is 18.2 Å². The third kappa shape index (κ3) is 4.12. The minimum atomic E-state index is -0.458. The molecule has 0 aliphatic carbocycles. The van der Waals surface area contributed by atoms with E-state index in [4.69, 9.17) is 4.74 Å². The van der Waals surface area contributed by atoms with Crippen molar-refractivity contribution < 1.29 is 19.4 Å². The number of ether oxygens (including phenoxy) is 1. The van der Waals surface area contributed by atoms with Gasteiger partial charge in [0.25, 0.3) is 5.91 Å². The van der Waals surface area contributed by atoms with Gasteiger partial charge in [-0.05, 0) is 31.5 Å². The maximum absolute atomic E-state index is 13.3. The molecule has 1 spiro atoms. The molecule has 2 unspecified atom stereocenters. The predicted molar refractivity (Wildman–Crippen MR) is 109 cm³/mol. The maximum Gasteiger partial charge on any atom is 0.258 e. The van der Waals surface area contributed by atoms with E-state index < -0.39 is 5.60 Å². The number of aliphatic hydroxyl groups excluding tert-OH is 1. The van der Waals surface area contributed by atoms with Gasteiger partial charge in [-0.1, -0.05) is 19.1 Å². The molecule has 2 atom stereocenters. The number of carbonyl (C=O) groups excluding carboxylic acids is 2. The largest absolute Gasteiger partial charge is 0.484 e. The second-order valence-corrected chi connectivity index (χ2v) is 8.92. The molecule has 7 heteroatoms. The smallest absolute Gasteiger partial charge is 0.258 e. The molecule has 2 fully saturated rings. The zero-order valence-electron chi connectivity index (χ0n) is 17.3. The van der Waals surface area contributed by atoms with Crippen molar-refractivity contribution in [3.63, 3.8) is 0 Å². The van der Waals surface area contributed by atoms with Crippen LogP contribution in [0.25, 0.3) is 0 Å². The van der Waals surface area contributed by atoms with Gasteiger partial charge >= 0.3 is 0 Å². The van der Waals surface area contributed by atoms with Gasteiger partial charge in [-0.2, -0.15) is 0 Å². The predicted octanol–water partition coefficient (Wildman–Crippen LogP) is 1.21. The van der Waals surface area contributed by atoms with Gasteiger partial charge in [-0.3, -0.25) is 9.59 Å². The Bertz CT molecular complexity index is 775. The molecule has 1 aromatic rings. The Morgan fingerprint density at radius 2 is 1.97 bits per heavy atom. The Kier molecular flexibility index (Phi) is 5.53. The van der Waals surface area contributed by atoms with Crippen molar-refractivity contribution in [2.75, 3.05) is 46.3 Å². The Morgan fingerprint density at radius 3 is 2.69 bits per heavy atom. The van der Waals surface area contributed by atoms with Gasteiger partial charge in [-0.25, -0.2) is 0 Å². The molecule has 0 saturated carbocycles. The lowest BCUT2D eigenvalue weighted by Gasteiger charge is -2.42. The second-order valence-electron chi connectivity index (χ2n) is 8.92. The number of benzene rings is 1. The first-order valence-corrected chi connectivity index (χ1v) is 10.6. The molecule has 0 aromatic heterocycles. The first kappa shape index (κ1) is 20.2. The third-order valence-corrected chi connectivity index (χ3v) is 6.65. The molecule has 158 valence electrons. The van der Waals surface area contributed by atoms with Gasteiger partial charge in [-0.15, -0.1) is 0 Å². The minimum Gasteiger partial charge on any atom is -0.484 e. The number of nitrogens with zero attached hydrogens (tertiary/aromatic N) is 3.